The van der Waals surface area contributed by atoms with Gasteiger partial charge in [-0.05, 0) is 85.3 Å². The molecule has 3 aliphatic rings. The zero-order valence-electron chi connectivity index (χ0n) is 31.3. The molecule has 3 aromatic rings. The number of hydrogen-bond donors (Lipinski definition) is 3. The maximum atomic E-state index is 12.6. The Morgan fingerprint density at radius 3 is 1.44 bits per heavy atom. The molecule has 294 valence electrons. The van der Waals surface area contributed by atoms with Crippen LogP contribution >= 0.6 is 0 Å². The molecule has 3 saturated heterocycles. The van der Waals surface area contributed by atoms with E-state index < -0.39 is 11.7 Å². The Kier molecular flexibility index (Phi) is 15.3. The van der Waals surface area contributed by atoms with E-state index in [4.69, 9.17) is 26.7 Å². The average Bonchev–Trinajstić information content (AvgIpc) is 3.83. The zero-order valence-corrected chi connectivity index (χ0v) is 31.3. The smallest absolute Gasteiger partial charge is 0.416 e. The number of aryl methyl sites for hydroxylation is 1. The Balaban J connectivity index is 0.000000181. The van der Waals surface area contributed by atoms with Crippen LogP contribution in [0.25, 0.3) is 0 Å². The minimum Gasteiger partial charge on any atom is -0.493 e. The number of likely N-dealkylation sites (tertiary alicyclic amines) is 3. The molecule has 3 atom stereocenters. The largest absolute Gasteiger partial charge is 0.493 e. The third-order valence-corrected chi connectivity index (χ3v) is 9.83. The summed E-state index contributed by atoms with van der Waals surface area (Å²) in [6, 6.07) is 19.1. The third kappa shape index (κ3) is 11.9. The highest BCUT2D eigenvalue weighted by atomic mass is 19.4. The normalized spacial score (nSPS) is 19.8. The minimum absolute atomic E-state index is 0.0483. The number of alkyl halides is 3. The Bertz CT molecular complexity index is 1710. The summed E-state index contributed by atoms with van der Waals surface area (Å²) >= 11 is 0. The summed E-state index contributed by atoms with van der Waals surface area (Å²) in [6.07, 6.45) is -2.80. The summed E-state index contributed by atoms with van der Waals surface area (Å²) in [7, 11) is 3.21. The molecule has 3 fully saturated rings. The van der Waals surface area contributed by atoms with E-state index in [-0.39, 0.29) is 36.1 Å². The highest BCUT2D eigenvalue weighted by molar-refractivity contribution is 5.79. The van der Waals surface area contributed by atoms with Crippen molar-refractivity contribution in [2.45, 2.75) is 52.0 Å². The number of halogens is 3. The molecular formula is C40H53F3N6O5. The van der Waals surface area contributed by atoms with Crippen LogP contribution in [0.1, 0.15) is 47.1 Å². The van der Waals surface area contributed by atoms with Crippen molar-refractivity contribution in [1.29, 1.82) is 0 Å². The molecule has 0 aromatic heterocycles. The van der Waals surface area contributed by atoms with E-state index in [0.29, 0.717) is 75.0 Å². The van der Waals surface area contributed by atoms with Crippen LogP contribution in [-0.4, -0.2) is 85.9 Å². The first-order valence-electron chi connectivity index (χ1n) is 18.1. The molecule has 0 spiro atoms. The first-order chi connectivity index (χ1) is 25.8. The Hall–Kier alpha value is -4.66. The quantitative estimate of drug-likeness (QED) is 0.261. The molecule has 11 nitrogen and oxygen atoms in total. The third-order valence-electron chi connectivity index (χ3n) is 9.83. The summed E-state index contributed by atoms with van der Waals surface area (Å²) in [5.41, 5.74) is 20.0. The van der Waals surface area contributed by atoms with Crippen molar-refractivity contribution in [3.05, 3.63) is 94.5 Å². The maximum Gasteiger partial charge on any atom is 0.416 e. The SMILES string of the molecule is COc1ccc(CN2CC(CN)CC2=O)cc1OC.Cc1ccc(CN2CC(CN)CC2=O)cc1.NCC1CC(=O)N(Cc2cccc(C(F)(F)F)c2)C1. The number of carbonyl (C=O) groups is 3. The van der Waals surface area contributed by atoms with E-state index in [1.807, 2.05) is 28.0 Å². The Morgan fingerprint density at radius 2 is 1.04 bits per heavy atom. The lowest BCUT2D eigenvalue weighted by Gasteiger charge is -2.17. The average molecular weight is 755 g/mol. The van der Waals surface area contributed by atoms with Crippen LogP contribution in [0.4, 0.5) is 13.2 Å². The second-order valence-corrected chi connectivity index (χ2v) is 14.1. The van der Waals surface area contributed by atoms with Crippen LogP contribution in [0.2, 0.25) is 0 Å². The van der Waals surface area contributed by atoms with Gasteiger partial charge in [0.2, 0.25) is 17.7 Å². The van der Waals surface area contributed by atoms with E-state index in [1.54, 1.807) is 25.2 Å². The highest BCUT2D eigenvalue weighted by Crippen LogP contribution is 2.31. The molecule has 0 aliphatic carbocycles. The number of carbonyl (C=O) groups excluding carboxylic acids is 3. The van der Waals surface area contributed by atoms with Crippen molar-refractivity contribution >= 4 is 17.7 Å². The number of benzene rings is 3. The van der Waals surface area contributed by atoms with E-state index in [0.717, 1.165) is 37.3 Å². The van der Waals surface area contributed by atoms with Gasteiger partial charge in [-0.3, -0.25) is 14.4 Å². The monoisotopic (exact) mass is 754 g/mol. The predicted octanol–water partition coefficient (Wildman–Crippen LogP) is 4.33. The molecular weight excluding hydrogens is 701 g/mol. The van der Waals surface area contributed by atoms with Crippen molar-refractivity contribution in [3.8, 4) is 11.5 Å². The van der Waals surface area contributed by atoms with Crippen molar-refractivity contribution < 1.29 is 37.0 Å². The van der Waals surface area contributed by atoms with Crippen molar-refractivity contribution in [1.82, 2.24) is 14.7 Å². The van der Waals surface area contributed by atoms with E-state index in [9.17, 15) is 27.6 Å². The van der Waals surface area contributed by atoms with Gasteiger partial charge in [-0.2, -0.15) is 13.2 Å². The lowest BCUT2D eigenvalue weighted by molar-refractivity contribution is -0.137. The first-order valence-corrected chi connectivity index (χ1v) is 18.1. The molecule has 54 heavy (non-hydrogen) atoms. The predicted molar refractivity (Wildman–Crippen MR) is 200 cm³/mol. The molecule has 3 aliphatic heterocycles. The lowest BCUT2D eigenvalue weighted by Crippen LogP contribution is -2.25. The number of hydrogen-bond acceptors (Lipinski definition) is 8. The number of ether oxygens (including phenoxy) is 2. The maximum absolute atomic E-state index is 12.6. The van der Waals surface area contributed by atoms with Crippen LogP contribution in [0.15, 0.2) is 66.7 Å². The van der Waals surface area contributed by atoms with Crippen molar-refractivity contribution in [2.75, 3.05) is 53.5 Å². The number of nitrogens with two attached hydrogens (primary N) is 3. The highest BCUT2D eigenvalue weighted by Gasteiger charge is 2.32. The molecule has 3 unspecified atom stereocenters. The van der Waals surface area contributed by atoms with Gasteiger partial charge in [0.05, 0.1) is 19.8 Å². The van der Waals surface area contributed by atoms with Gasteiger partial charge < -0.3 is 41.4 Å². The van der Waals surface area contributed by atoms with E-state index in [2.05, 4.69) is 31.2 Å². The van der Waals surface area contributed by atoms with E-state index >= 15 is 0 Å². The Morgan fingerprint density at radius 1 is 0.611 bits per heavy atom. The Labute approximate surface area is 315 Å². The van der Waals surface area contributed by atoms with Gasteiger partial charge in [0.1, 0.15) is 0 Å². The van der Waals surface area contributed by atoms with Crippen molar-refractivity contribution in [2.24, 2.45) is 35.0 Å². The van der Waals surface area contributed by atoms with Crippen LogP contribution in [0.3, 0.4) is 0 Å². The van der Waals surface area contributed by atoms with Gasteiger partial charge >= 0.3 is 6.18 Å². The topological polar surface area (TPSA) is 157 Å². The molecule has 3 amide bonds. The van der Waals surface area contributed by atoms with Gasteiger partial charge in [0.25, 0.3) is 0 Å². The fourth-order valence-corrected chi connectivity index (χ4v) is 6.67. The second-order valence-electron chi connectivity index (χ2n) is 14.1. The second kappa shape index (κ2) is 19.6. The fourth-order valence-electron chi connectivity index (χ4n) is 6.67. The number of nitrogens with zero attached hydrogens (tertiary/aromatic N) is 3. The number of methoxy groups -OCH3 is 2. The van der Waals surface area contributed by atoms with Gasteiger partial charge in [-0.25, -0.2) is 0 Å². The first kappa shape index (κ1) is 42.1. The molecule has 6 N–H and O–H groups in total. The van der Waals surface area contributed by atoms with Crippen LogP contribution < -0.4 is 26.7 Å². The molecule has 0 bridgehead atoms. The minimum atomic E-state index is -4.36. The molecule has 3 heterocycles. The lowest BCUT2D eigenvalue weighted by atomic mass is 10.1. The van der Waals surface area contributed by atoms with Gasteiger partial charge in [-0.15, -0.1) is 0 Å². The summed E-state index contributed by atoms with van der Waals surface area (Å²) in [5, 5.41) is 0. The molecule has 0 radical (unpaired) electrons. The molecule has 6 rings (SSSR count). The summed E-state index contributed by atoms with van der Waals surface area (Å²) in [6.45, 7) is 7.24. The van der Waals surface area contributed by atoms with Gasteiger partial charge in [-0.1, -0.05) is 48.0 Å². The van der Waals surface area contributed by atoms with Crippen LogP contribution in [-0.2, 0) is 40.2 Å². The van der Waals surface area contributed by atoms with Crippen LogP contribution in [0.5, 0.6) is 11.5 Å². The zero-order chi connectivity index (χ0) is 39.4. The molecule has 0 saturated carbocycles. The van der Waals surface area contributed by atoms with Gasteiger partial charge in [0.15, 0.2) is 11.5 Å². The van der Waals surface area contributed by atoms with Crippen molar-refractivity contribution in [3.63, 3.8) is 0 Å². The molecule has 14 heteroatoms. The van der Waals surface area contributed by atoms with Crippen LogP contribution in [0, 0.1) is 24.7 Å². The van der Waals surface area contributed by atoms with Gasteiger partial charge in [0, 0.05) is 58.5 Å². The molecule has 3 aromatic carbocycles. The number of rotatable bonds is 11. The summed E-state index contributed by atoms with van der Waals surface area (Å²) in [5.74, 6) is 2.47. The fraction of sp³-hybridized carbons (Fsp3) is 0.475. The van der Waals surface area contributed by atoms with E-state index in [1.165, 1.54) is 17.2 Å². The standard InChI is InChI=1S/C14H20N2O3.C13H15F3N2O.C13H18N2O/c1-18-12-4-3-10(5-13(12)19-2)8-16-9-11(7-15)6-14(16)17;14-13(15,16)11-3-1-2-9(4-11)7-18-8-10(6-17)5-12(18)19;1-10-2-4-11(5-3-10)8-15-9-12(7-14)6-13(15)16/h3-5,11H,6-9,15H2,1-2H3;1-4,10H,5-8,17H2;2-5,12H,6-9,14H2,1H3. The number of amides is 3. The summed E-state index contributed by atoms with van der Waals surface area (Å²) < 4.78 is 48.2. The summed E-state index contributed by atoms with van der Waals surface area (Å²) in [4.78, 5) is 40.5.